The average molecular weight is 246 g/mol. The quantitative estimate of drug-likeness (QED) is 0.699. The van der Waals surface area contributed by atoms with Crippen LogP contribution in [0.4, 0.5) is 0 Å². The standard InChI is InChI=1S/C16H22O2/c1-10(2)12-9-8-11(3)16(18)15(12)13-6-4-5-7-14(13)17/h8,12-13,15H,1,4-7,9H2,2-3H3/t12-,13-,15+/m0/s1. The highest BCUT2D eigenvalue weighted by atomic mass is 16.1. The second-order valence-electron chi connectivity index (χ2n) is 5.78. The van der Waals surface area contributed by atoms with E-state index < -0.39 is 0 Å². The second kappa shape index (κ2) is 5.21. The van der Waals surface area contributed by atoms with Crippen LogP contribution < -0.4 is 0 Å². The van der Waals surface area contributed by atoms with Crippen molar-refractivity contribution in [3.63, 3.8) is 0 Å². The Labute approximate surface area is 109 Å². The number of ketones is 2. The largest absolute Gasteiger partial charge is 0.299 e. The Morgan fingerprint density at radius 3 is 2.67 bits per heavy atom. The number of Topliss-reactive ketones (excluding diaryl/α,β-unsaturated/α-hetero) is 2. The van der Waals surface area contributed by atoms with Crippen LogP contribution in [0.5, 0.6) is 0 Å². The van der Waals surface area contributed by atoms with E-state index in [0.29, 0.717) is 12.2 Å². The molecule has 18 heavy (non-hydrogen) atoms. The lowest BCUT2D eigenvalue weighted by Gasteiger charge is -2.36. The van der Waals surface area contributed by atoms with Gasteiger partial charge in [-0.3, -0.25) is 9.59 Å². The zero-order valence-electron chi connectivity index (χ0n) is 11.4. The molecule has 98 valence electrons. The second-order valence-corrected chi connectivity index (χ2v) is 5.78. The molecule has 0 aliphatic heterocycles. The fraction of sp³-hybridized carbons (Fsp3) is 0.625. The summed E-state index contributed by atoms with van der Waals surface area (Å²) >= 11 is 0. The van der Waals surface area contributed by atoms with Gasteiger partial charge in [0.05, 0.1) is 0 Å². The maximum Gasteiger partial charge on any atom is 0.162 e. The molecule has 0 aromatic carbocycles. The molecule has 0 N–H and O–H groups in total. The topological polar surface area (TPSA) is 34.1 Å². The van der Waals surface area contributed by atoms with Crippen LogP contribution in [0, 0.1) is 17.8 Å². The lowest BCUT2D eigenvalue weighted by atomic mass is 9.65. The molecule has 2 rings (SSSR count). The molecule has 0 saturated heterocycles. The Bertz CT molecular complexity index is 417. The molecular formula is C16H22O2. The smallest absolute Gasteiger partial charge is 0.162 e. The number of allylic oxidation sites excluding steroid dienone is 3. The van der Waals surface area contributed by atoms with Crippen molar-refractivity contribution in [1.82, 2.24) is 0 Å². The maximum atomic E-state index is 12.4. The van der Waals surface area contributed by atoms with Crippen LogP contribution in [0.3, 0.4) is 0 Å². The third-order valence-corrected chi connectivity index (χ3v) is 4.47. The Balaban J connectivity index is 2.31. The number of rotatable bonds is 2. The van der Waals surface area contributed by atoms with Gasteiger partial charge >= 0.3 is 0 Å². The molecule has 0 bridgehead atoms. The Morgan fingerprint density at radius 2 is 2.06 bits per heavy atom. The molecule has 2 aliphatic carbocycles. The van der Waals surface area contributed by atoms with Gasteiger partial charge in [0.25, 0.3) is 0 Å². The summed E-state index contributed by atoms with van der Waals surface area (Å²) in [6.45, 7) is 7.87. The van der Waals surface area contributed by atoms with Gasteiger partial charge in [-0.2, -0.15) is 0 Å². The van der Waals surface area contributed by atoms with Crippen molar-refractivity contribution in [3.05, 3.63) is 23.8 Å². The van der Waals surface area contributed by atoms with Crippen LogP contribution in [0.25, 0.3) is 0 Å². The number of hydrogen-bond donors (Lipinski definition) is 0. The molecule has 0 heterocycles. The fourth-order valence-corrected chi connectivity index (χ4v) is 3.36. The molecule has 0 spiro atoms. The van der Waals surface area contributed by atoms with Crippen LogP contribution in [0.2, 0.25) is 0 Å². The van der Waals surface area contributed by atoms with Gasteiger partial charge in [-0.05, 0) is 44.6 Å². The molecule has 1 saturated carbocycles. The third kappa shape index (κ3) is 2.33. The zero-order valence-corrected chi connectivity index (χ0v) is 11.4. The van der Waals surface area contributed by atoms with Gasteiger partial charge in [0.1, 0.15) is 5.78 Å². The highest BCUT2D eigenvalue weighted by molar-refractivity contribution is 6.01. The van der Waals surface area contributed by atoms with Gasteiger partial charge in [-0.15, -0.1) is 0 Å². The van der Waals surface area contributed by atoms with Gasteiger partial charge in [0.15, 0.2) is 5.78 Å². The summed E-state index contributed by atoms with van der Waals surface area (Å²) in [5.41, 5.74) is 1.87. The van der Waals surface area contributed by atoms with Crippen LogP contribution in [-0.4, -0.2) is 11.6 Å². The zero-order chi connectivity index (χ0) is 13.3. The first kappa shape index (κ1) is 13.3. The van der Waals surface area contributed by atoms with Gasteiger partial charge in [-0.25, -0.2) is 0 Å². The molecule has 3 atom stereocenters. The number of carbonyl (C=O) groups is 2. The molecule has 0 aromatic heterocycles. The number of hydrogen-bond acceptors (Lipinski definition) is 2. The SMILES string of the molecule is C=C(C)[C@@H]1CC=C(C)C(=O)[C@H]1[C@H]1CCCCC1=O. The van der Waals surface area contributed by atoms with E-state index >= 15 is 0 Å². The molecule has 1 fully saturated rings. The Kier molecular flexibility index (Phi) is 3.84. The van der Waals surface area contributed by atoms with Crippen molar-refractivity contribution in [3.8, 4) is 0 Å². The first-order valence-electron chi connectivity index (χ1n) is 6.91. The summed E-state index contributed by atoms with van der Waals surface area (Å²) in [6.07, 6.45) is 6.47. The highest BCUT2D eigenvalue weighted by Crippen LogP contribution is 2.40. The van der Waals surface area contributed by atoms with E-state index in [9.17, 15) is 9.59 Å². The fourth-order valence-electron chi connectivity index (χ4n) is 3.36. The molecule has 2 heteroatoms. The molecule has 0 amide bonds. The molecule has 2 nitrogen and oxygen atoms in total. The van der Waals surface area contributed by atoms with Crippen molar-refractivity contribution in [2.75, 3.05) is 0 Å². The first-order valence-corrected chi connectivity index (χ1v) is 6.91. The first-order chi connectivity index (χ1) is 8.52. The minimum atomic E-state index is -0.139. The molecule has 0 unspecified atom stereocenters. The minimum absolute atomic E-state index is 0.0587. The minimum Gasteiger partial charge on any atom is -0.299 e. The van der Waals surface area contributed by atoms with Crippen molar-refractivity contribution >= 4 is 11.6 Å². The lowest BCUT2D eigenvalue weighted by molar-refractivity contribution is -0.134. The molecule has 0 aromatic rings. The third-order valence-electron chi connectivity index (χ3n) is 4.47. The number of carbonyl (C=O) groups excluding carboxylic acids is 2. The van der Waals surface area contributed by atoms with Crippen molar-refractivity contribution in [2.45, 2.75) is 46.0 Å². The normalized spacial score (nSPS) is 33.2. The van der Waals surface area contributed by atoms with Crippen LogP contribution in [0.15, 0.2) is 23.8 Å². The summed E-state index contributed by atoms with van der Waals surface area (Å²) in [5, 5.41) is 0. The van der Waals surface area contributed by atoms with E-state index in [0.717, 1.165) is 36.8 Å². The summed E-state index contributed by atoms with van der Waals surface area (Å²) < 4.78 is 0. The van der Waals surface area contributed by atoms with Crippen LogP contribution in [0.1, 0.15) is 46.0 Å². The van der Waals surface area contributed by atoms with Gasteiger partial charge < -0.3 is 0 Å². The molecule has 0 radical (unpaired) electrons. The van der Waals surface area contributed by atoms with Gasteiger partial charge in [0.2, 0.25) is 0 Å². The van der Waals surface area contributed by atoms with Crippen molar-refractivity contribution < 1.29 is 9.59 Å². The summed E-state index contributed by atoms with van der Waals surface area (Å²) in [6, 6.07) is 0. The highest BCUT2D eigenvalue weighted by Gasteiger charge is 2.41. The average Bonchev–Trinajstić information content (AvgIpc) is 2.33. The van der Waals surface area contributed by atoms with E-state index in [1.165, 1.54) is 0 Å². The van der Waals surface area contributed by atoms with E-state index in [2.05, 4.69) is 6.58 Å². The Morgan fingerprint density at radius 1 is 1.33 bits per heavy atom. The van der Waals surface area contributed by atoms with Crippen LogP contribution in [-0.2, 0) is 9.59 Å². The van der Waals surface area contributed by atoms with Crippen molar-refractivity contribution in [1.29, 1.82) is 0 Å². The van der Waals surface area contributed by atoms with E-state index in [-0.39, 0.29) is 23.5 Å². The van der Waals surface area contributed by atoms with E-state index in [4.69, 9.17) is 0 Å². The Hall–Kier alpha value is -1.18. The van der Waals surface area contributed by atoms with Gasteiger partial charge in [-0.1, -0.05) is 24.6 Å². The van der Waals surface area contributed by atoms with Crippen LogP contribution >= 0.6 is 0 Å². The lowest BCUT2D eigenvalue weighted by Crippen LogP contribution is -2.39. The molecule has 2 aliphatic rings. The summed E-state index contributed by atoms with van der Waals surface area (Å²) in [5.74, 6) is 0.431. The van der Waals surface area contributed by atoms with E-state index in [1.54, 1.807) is 0 Å². The van der Waals surface area contributed by atoms with Crippen molar-refractivity contribution in [2.24, 2.45) is 17.8 Å². The predicted octanol–water partition coefficient (Wildman–Crippen LogP) is 3.47. The van der Waals surface area contributed by atoms with Gasteiger partial charge in [0, 0.05) is 18.3 Å². The van der Waals surface area contributed by atoms with E-state index in [1.807, 2.05) is 19.9 Å². The molecular weight excluding hydrogens is 224 g/mol. The summed E-state index contributed by atoms with van der Waals surface area (Å²) in [4.78, 5) is 24.5. The maximum absolute atomic E-state index is 12.4. The monoisotopic (exact) mass is 246 g/mol. The predicted molar refractivity (Wildman–Crippen MR) is 72.1 cm³/mol. The summed E-state index contributed by atoms with van der Waals surface area (Å²) in [7, 11) is 0.